The fraction of sp³-hybridized carbons (Fsp3) is 0.267. The Morgan fingerprint density at radius 1 is 1.25 bits per heavy atom. The number of carbonyl (C=O) groups excluding carboxylic acids is 1. The molecular weight excluding hydrogens is 288 g/mol. The summed E-state index contributed by atoms with van der Waals surface area (Å²) in [5, 5.41) is 2.93. The molecule has 0 saturated carbocycles. The fourth-order valence-electron chi connectivity index (χ4n) is 1.62. The lowest BCUT2D eigenvalue weighted by Gasteiger charge is -2.00. The van der Waals surface area contributed by atoms with Crippen molar-refractivity contribution >= 4 is 28.6 Å². The van der Waals surface area contributed by atoms with Crippen LogP contribution in [0, 0.1) is 11.8 Å². The number of carbonyl (C=O) groups is 1. The quantitative estimate of drug-likeness (QED) is 0.853. The second-order valence-corrected chi connectivity index (χ2v) is 6.41. The van der Waals surface area contributed by atoms with E-state index in [0.717, 1.165) is 21.1 Å². The zero-order chi connectivity index (χ0) is 14.4. The van der Waals surface area contributed by atoms with Crippen LogP contribution in [0.2, 0.25) is 0 Å². The van der Waals surface area contributed by atoms with Gasteiger partial charge in [-0.05, 0) is 30.7 Å². The van der Waals surface area contributed by atoms with Crippen LogP contribution in [-0.2, 0) is 13.0 Å². The molecule has 2 heterocycles. The van der Waals surface area contributed by atoms with Crippen molar-refractivity contribution in [3.05, 3.63) is 43.8 Å². The van der Waals surface area contributed by atoms with Crippen molar-refractivity contribution in [3.63, 3.8) is 0 Å². The Labute approximate surface area is 126 Å². The smallest absolute Gasteiger partial charge is 0.261 e. The number of nitrogens with one attached hydrogen (secondary N) is 1. The predicted molar refractivity (Wildman–Crippen MR) is 85.1 cm³/mol. The minimum Gasteiger partial charge on any atom is -0.346 e. The van der Waals surface area contributed by atoms with Crippen LogP contribution in [0.25, 0.3) is 0 Å². The van der Waals surface area contributed by atoms with E-state index in [1.165, 1.54) is 4.88 Å². The number of hydrogen-bond acceptors (Lipinski definition) is 4. The highest BCUT2D eigenvalue weighted by Gasteiger charge is 2.08. The molecular formula is C15H16N2OS2. The molecule has 0 spiro atoms. The molecule has 0 aliphatic carbocycles. The van der Waals surface area contributed by atoms with Gasteiger partial charge in [-0.15, -0.1) is 22.7 Å². The lowest BCUT2D eigenvalue weighted by molar-refractivity contribution is 0.0955. The summed E-state index contributed by atoms with van der Waals surface area (Å²) in [4.78, 5) is 16.0. The second-order valence-electron chi connectivity index (χ2n) is 4.07. The van der Waals surface area contributed by atoms with Gasteiger partial charge in [-0.3, -0.25) is 4.79 Å². The molecule has 0 bridgehead atoms. The van der Waals surface area contributed by atoms with Gasteiger partial charge in [0.25, 0.3) is 5.91 Å². The van der Waals surface area contributed by atoms with Crippen LogP contribution in [0.5, 0.6) is 0 Å². The predicted octanol–water partition coefficient (Wildman–Crippen LogP) is 2.61. The maximum Gasteiger partial charge on any atom is 0.261 e. The van der Waals surface area contributed by atoms with E-state index < -0.39 is 0 Å². The summed E-state index contributed by atoms with van der Waals surface area (Å²) in [5.41, 5.74) is 5.33. The molecule has 5 heteroatoms. The average Bonchev–Trinajstić information content (AvgIpc) is 3.11. The highest BCUT2D eigenvalue weighted by atomic mass is 32.1. The number of hydrogen-bond donors (Lipinski definition) is 2. The third kappa shape index (κ3) is 3.94. The van der Waals surface area contributed by atoms with Crippen molar-refractivity contribution in [1.29, 1.82) is 0 Å². The number of amides is 1. The number of aryl methyl sites for hydroxylation is 1. The zero-order valence-corrected chi connectivity index (χ0v) is 12.9. The molecule has 20 heavy (non-hydrogen) atoms. The van der Waals surface area contributed by atoms with Crippen molar-refractivity contribution in [1.82, 2.24) is 5.32 Å². The average molecular weight is 304 g/mol. The van der Waals surface area contributed by atoms with E-state index in [2.05, 4.69) is 24.1 Å². The Bertz CT molecular complexity index is 646. The molecule has 1 amide bonds. The first-order valence-corrected chi connectivity index (χ1v) is 8.00. The van der Waals surface area contributed by atoms with Gasteiger partial charge < -0.3 is 11.1 Å². The van der Waals surface area contributed by atoms with Gasteiger partial charge in [-0.25, -0.2) is 0 Å². The van der Waals surface area contributed by atoms with Crippen molar-refractivity contribution in [3.8, 4) is 11.8 Å². The molecule has 0 radical (unpaired) electrons. The van der Waals surface area contributed by atoms with E-state index in [4.69, 9.17) is 5.73 Å². The van der Waals surface area contributed by atoms with Crippen LogP contribution in [0.1, 0.15) is 31.2 Å². The van der Waals surface area contributed by atoms with Gasteiger partial charge in [0.2, 0.25) is 0 Å². The summed E-state index contributed by atoms with van der Waals surface area (Å²) < 4.78 is 0. The van der Waals surface area contributed by atoms with Gasteiger partial charge in [0.1, 0.15) is 0 Å². The van der Waals surface area contributed by atoms with Gasteiger partial charge in [0.05, 0.1) is 22.8 Å². The first-order chi connectivity index (χ1) is 9.72. The van der Waals surface area contributed by atoms with Gasteiger partial charge in [-0.1, -0.05) is 18.8 Å². The lowest BCUT2D eigenvalue weighted by Crippen LogP contribution is -2.21. The highest BCUT2D eigenvalue weighted by molar-refractivity contribution is 7.14. The van der Waals surface area contributed by atoms with Crippen molar-refractivity contribution < 1.29 is 4.79 Å². The Hall–Kier alpha value is -1.61. The van der Waals surface area contributed by atoms with Crippen LogP contribution in [0.15, 0.2) is 24.3 Å². The largest absolute Gasteiger partial charge is 0.346 e. The Morgan fingerprint density at radius 3 is 2.75 bits per heavy atom. The van der Waals surface area contributed by atoms with E-state index in [9.17, 15) is 4.79 Å². The van der Waals surface area contributed by atoms with E-state index >= 15 is 0 Å². The molecule has 3 nitrogen and oxygen atoms in total. The van der Waals surface area contributed by atoms with Crippen molar-refractivity contribution in [2.75, 3.05) is 6.54 Å². The summed E-state index contributed by atoms with van der Waals surface area (Å²) in [6, 6.07) is 7.82. The maximum atomic E-state index is 12.0. The first kappa shape index (κ1) is 14.8. The maximum absolute atomic E-state index is 12.0. The molecule has 0 unspecified atom stereocenters. The monoisotopic (exact) mass is 304 g/mol. The summed E-state index contributed by atoms with van der Waals surface area (Å²) >= 11 is 3.13. The second kappa shape index (κ2) is 7.25. The van der Waals surface area contributed by atoms with Crippen LogP contribution in [0.4, 0.5) is 0 Å². The Kier molecular flexibility index (Phi) is 5.36. The summed E-state index contributed by atoms with van der Waals surface area (Å²) in [6.07, 6.45) is 0.964. The molecule has 0 aromatic carbocycles. The number of thiophene rings is 2. The molecule has 0 fully saturated rings. The zero-order valence-electron chi connectivity index (χ0n) is 11.2. The highest BCUT2D eigenvalue weighted by Crippen LogP contribution is 2.18. The molecule has 0 saturated heterocycles. The molecule has 0 aliphatic rings. The lowest BCUT2D eigenvalue weighted by atomic mass is 10.3. The molecule has 2 aromatic heterocycles. The van der Waals surface area contributed by atoms with Gasteiger partial charge >= 0.3 is 0 Å². The molecule has 3 N–H and O–H groups in total. The van der Waals surface area contributed by atoms with Gasteiger partial charge in [0.15, 0.2) is 0 Å². The number of rotatable bonds is 4. The minimum atomic E-state index is -0.0160. The Morgan fingerprint density at radius 2 is 2.05 bits per heavy atom. The summed E-state index contributed by atoms with van der Waals surface area (Å²) in [7, 11) is 0. The third-order valence-electron chi connectivity index (χ3n) is 2.63. The SMILES string of the molecule is CCc1ccc(C(=O)NCc2ccc(C#CCN)s2)s1. The van der Waals surface area contributed by atoms with E-state index in [1.807, 2.05) is 24.3 Å². The third-order valence-corrected chi connectivity index (χ3v) is 4.86. The van der Waals surface area contributed by atoms with E-state index in [-0.39, 0.29) is 5.91 Å². The minimum absolute atomic E-state index is 0.0160. The molecule has 0 aliphatic heterocycles. The van der Waals surface area contributed by atoms with Crippen molar-refractivity contribution in [2.45, 2.75) is 19.9 Å². The standard InChI is InChI=1S/C15H16N2OS2/c1-2-11-7-8-14(20-11)15(18)17-10-13-6-5-12(19-13)4-3-9-16/h5-8H,2,9-10,16H2,1H3,(H,17,18). The van der Waals surface area contributed by atoms with Crippen LogP contribution >= 0.6 is 22.7 Å². The molecule has 104 valence electrons. The van der Waals surface area contributed by atoms with Crippen LogP contribution < -0.4 is 11.1 Å². The summed E-state index contributed by atoms with van der Waals surface area (Å²) in [5.74, 6) is 5.79. The normalized spacial score (nSPS) is 9.90. The first-order valence-electron chi connectivity index (χ1n) is 6.37. The molecule has 2 rings (SSSR count). The molecule has 0 atom stereocenters. The topological polar surface area (TPSA) is 55.1 Å². The van der Waals surface area contributed by atoms with Gasteiger partial charge in [-0.2, -0.15) is 0 Å². The fourth-order valence-corrected chi connectivity index (χ4v) is 3.31. The van der Waals surface area contributed by atoms with Crippen LogP contribution in [0.3, 0.4) is 0 Å². The Balaban J connectivity index is 1.91. The van der Waals surface area contributed by atoms with E-state index in [1.54, 1.807) is 22.7 Å². The number of nitrogens with two attached hydrogens (primary N) is 1. The van der Waals surface area contributed by atoms with Gasteiger partial charge in [0, 0.05) is 9.75 Å². The molecule has 2 aromatic rings. The van der Waals surface area contributed by atoms with E-state index in [0.29, 0.717) is 13.1 Å². The summed E-state index contributed by atoms with van der Waals surface area (Å²) in [6.45, 7) is 2.98. The van der Waals surface area contributed by atoms with Crippen LogP contribution in [-0.4, -0.2) is 12.5 Å². The van der Waals surface area contributed by atoms with Crippen molar-refractivity contribution in [2.24, 2.45) is 5.73 Å².